The fourth-order valence-electron chi connectivity index (χ4n) is 3.33. The summed E-state index contributed by atoms with van der Waals surface area (Å²) in [5, 5.41) is 22.8. The third-order valence-electron chi connectivity index (χ3n) is 4.57. The number of hydrogen-bond donors (Lipinski definition) is 1. The summed E-state index contributed by atoms with van der Waals surface area (Å²) in [6.07, 6.45) is 2.61. The highest BCUT2D eigenvalue weighted by Gasteiger charge is 2.33. The summed E-state index contributed by atoms with van der Waals surface area (Å²) in [5.74, 6) is 0.708. The highest BCUT2D eigenvalue weighted by atomic mass is 32.2. The van der Waals surface area contributed by atoms with E-state index in [-0.39, 0.29) is 5.60 Å². The Morgan fingerprint density at radius 3 is 2.69 bits per heavy atom. The van der Waals surface area contributed by atoms with E-state index in [1.54, 1.807) is 0 Å². The van der Waals surface area contributed by atoms with Crippen molar-refractivity contribution in [2.45, 2.75) is 37.6 Å². The van der Waals surface area contributed by atoms with Crippen LogP contribution in [0.2, 0.25) is 0 Å². The molecular weight excluding hydrogens is 346 g/mol. The maximum atomic E-state index is 9.99. The lowest BCUT2D eigenvalue weighted by atomic mass is 9.89. The molecule has 26 heavy (non-hydrogen) atoms. The van der Waals surface area contributed by atoms with Gasteiger partial charge in [-0.1, -0.05) is 30.0 Å². The summed E-state index contributed by atoms with van der Waals surface area (Å²) in [6, 6.07) is 12.2. The Labute approximate surface area is 156 Å². The van der Waals surface area contributed by atoms with Crippen LogP contribution in [0.25, 0.3) is 5.65 Å². The molecule has 0 unspecified atom stereocenters. The average molecular weight is 365 g/mol. The van der Waals surface area contributed by atoms with Crippen molar-refractivity contribution in [2.24, 2.45) is 0 Å². The van der Waals surface area contributed by atoms with Crippen LogP contribution < -0.4 is 5.32 Å². The number of thioether (sulfide) groups is 1. The molecule has 1 N–H and O–H groups in total. The maximum Gasteiger partial charge on any atom is 0.197 e. The standard InChI is InChI=1S/C19H19N5OS/c1-19(2)9-13-14(10-20)16(21-12-7-5-4-6-8-12)24-17(15(13)11-25-19)22-23-18(24)26-3/h4-8,21H,9,11H2,1-3H3. The summed E-state index contributed by atoms with van der Waals surface area (Å²) < 4.78 is 7.91. The zero-order chi connectivity index (χ0) is 18.3. The van der Waals surface area contributed by atoms with Crippen LogP contribution in [0.5, 0.6) is 0 Å². The number of hydrogen-bond acceptors (Lipinski definition) is 6. The van der Waals surface area contributed by atoms with Gasteiger partial charge in [-0.15, -0.1) is 10.2 Å². The number of fused-ring (bicyclic) bond motifs is 3. The molecule has 1 aromatic carbocycles. The molecule has 4 rings (SSSR count). The minimum absolute atomic E-state index is 0.316. The molecule has 0 saturated carbocycles. The third kappa shape index (κ3) is 2.71. The van der Waals surface area contributed by atoms with E-state index in [9.17, 15) is 5.26 Å². The van der Waals surface area contributed by atoms with Crippen molar-refractivity contribution < 1.29 is 4.74 Å². The number of anilines is 2. The second-order valence-corrected chi connectivity index (χ2v) is 7.63. The Morgan fingerprint density at radius 2 is 2.00 bits per heavy atom. The van der Waals surface area contributed by atoms with Crippen LogP contribution in [0, 0.1) is 11.3 Å². The lowest BCUT2D eigenvalue weighted by Gasteiger charge is -2.33. The van der Waals surface area contributed by atoms with Crippen LogP contribution in [0.1, 0.15) is 30.5 Å². The predicted molar refractivity (Wildman–Crippen MR) is 102 cm³/mol. The largest absolute Gasteiger partial charge is 0.370 e. The number of rotatable bonds is 3. The van der Waals surface area contributed by atoms with Gasteiger partial charge >= 0.3 is 0 Å². The monoisotopic (exact) mass is 365 g/mol. The molecule has 0 amide bonds. The van der Waals surface area contributed by atoms with Gasteiger partial charge < -0.3 is 10.1 Å². The van der Waals surface area contributed by atoms with Gasteiger partial charge in [0, 0.05) is 17.7 Å². The Bertz CT molecular complexity index is 1020. The highest BCUT2D eigenvalue weighted by Crippen LogP contribution is 2.37. The maximum absolute atomic E-state index is 9.99. The Morgan fingerprint density at radius 1 is 1.23 bits per heavy atom. The van der Waals surface area contributed by atoms with Gasteiger partial charge in [0.15, 0.2) is 10.8 Å². The van der Waals surface area contributed by atoms with Crippen LogP contribution in [-0.4, -0.2) is 26.5 Å². The van der Waals surface area contributed by atoms with Gasteiger partial charge in [0.05, 0.1) is 17.8 Å². The Kier molecular flexibility index (Phi) is 4.10. The number of para-hydroxylation sites is 1. The molecule has 3 heterocycles. The molecule has 132 valence electrons. The smallest absolute Gasteiger partial charge is 0.197 e. The molecule has 0 radical (unpaired) electrons. The van der Waals surface area contributed by atoms with E-state index in [2.05, 4.69) is 21.6 Å². The van der Waals surface area contributed by atoms with Crippen molar-refractivity contribution in [3.05, 3.63) is 47.0 Å². The van der Waals surface area contributed by atoms with E-state index in [1.807, 2.05) is 54.8 Å². The second kappa shape index (κ2) is 6.31. The molecule has 1 aliphatic rings. The zero-order valence-corrected chi connectivity index (χ0v) is 15.7. The zero-order valence-electron chi connectivity index (χ0n) is 14.9. The van der Waals surface area contributed by atoms with E-state index < -0.39 is 0 Å². The Balaban J connectivity index is 2.02. The topological polar surface area (TPSA) is 75.2 Å². The number of ether oxygens (including phenoxy) is 1. The van der Waals surface area contributed by atoms with Crippen LogP contribution >= 0.6 is 11.8 Å². The molecule has 7 heteroatoms. The van der Waals surface area contributed by atoms with Crippen molar-refractivity contribution in [1.29, 1.82) is 5.26 Å². The molecule has 2 aromatic heterocycles. The summed E-state index contributed by atoms with van der Waals surface area (Å²) in [5.41, 5.74) is 3.92. The van der Waals surface area contributed by atoms with Gasteiger partial charge in [-0.2, -0.15) is 5.26 Å². The van der Waals surface area contributed by atoms with Crippen molar-refractivity contribution in [3.63, 3.8) is 0 Å². The fraction of sp³-hybridized carbons (Fsp3) is 0.316. The molecule has 1 aliphatic heterocycles. The van der Waals surface area contributed by atoms with Gasteiger partial charge in [0.1, 0.15) is 11.9 Å². The SMILES string of the molecule is CSc1nnc2c3c(c(C#N)c(Nc4ccccc4)n12)CC(C)(C)OC3. The van der Waals surface area contributed by atoms with Gasteiger partial charge in [0.2, 0.25) is 0 Å². The average Bonchev–Trinajstić information content (AvgIpc) is 3.06. The van der Waals surface area contributed by atoms with Crippen molar-refractivity contribution >= 4 is 28.9 Å². The molecule has 0 atom stereocenters. The molecule has 3 aromatic rings. The van der Waals surface area contributed by atoms with Crippen LogP contribution in [-0.2, 0) is 17.8 Å². The number of benzene rings is 1. The normalized spacial score (nSPS) is 15.5. The van der Waals surface area contributed by atoms with E-state index >= 15 is 0 Å². The number of pyridine rings is 1. The van der Waals surface area contributed by atoms with Gasteiger partial charge in [-0.05, 0) is 37.8 Å². The van der Waals surface area contributed by atoms with Gasteiger partial charge in [-0.3, -0.25) is 4.40 Å². The molecule has 0 aliphatic carbocycles. The summed E-state index contributed by atoms with van der Waals surface area (Å²) in [7, 11) is 0. The summed E-state index contributed by atoms with van der Waals surface area (Å²) in [6.45, 7) is 4.52. The minimum atomic E-state index is -0.316. The predicted octanol–water partition coefficient (Wildman–Crippen LogP) is 3.92. The molecular formula is C19H19N5OS. The van der Waals surface area contributed by atoms with Crippen LogP contribution in [0.15, 0.2) is 35.5 Å². The van der Waals surface area contributed by atoms with E-state index in [1.165, 1.54) is 11.8 Å². The highest BCUT2D eigenvalue weighted by molar-refractivity contribution is 7.98. The fourth-order valence-corrected chi connectivity index (χ4v) is 3.81. The van der Waals surface area contributed by atoms with Crippen molar-refractivity contribution in [3.8, 4) is 6.07 Å². The number of nitriles is 1. The third-order valence-corrected chi connectivity index (χ3v) is 5.20. The van der Waals surface area contributed by atoms with E-state index in [0.717, 1.165) is 27.6 Å². The van der Waals surface area contributed by atoms with Crippen molar-refractivity contribution in [2.75, 3.05) is 11.6 Å². The number of nitrogens with one attached hydrogen (secondary N) is 1. The number of aromatic nitrogens is 3. The summed E-state index contributed by atoms with van der Waals surface area (Å²) in [4.78, 5) is 0. The molecule has 0 bridgehead atoms. The lowest BCUT2D eigenvalue weighted by molar-refractivity contribution is -0.0397. The number of nitrogens with zero attached hydrogens (tertiary/aromatic N) is 4. The minimum Gasteiger partial charge on any atom is -0.370 e. The quantitative estimate of drug-likeness (QED) is 0.709. The van der Waals surface area contributed by atoms with Crippen LogP contribution in [0.3, 0.4) is 0 Å². The summed E-state index contributed by atoms with van der Waals surface area (Å²) >= 11 is 1.50. The molecule has 0 saturated heterocycles. The lowest BCUT2D eigenvalue weighted by Crippen LogP contribution is -2.33. The molecule has 0 spiro atoms. The molecule has 0 fully saturated rings. The van der Waals surface area contributed by atoms with E-state index in [0.29, 0.717) is 24.4 Å². The second-order valence-electron chi connectivity index (χ2n) is 6.85. The van der Waals surface area contributed by atoms with E-state index in [4.69, 9.17) is 4.74 Å². The first kappa shape index (κ1) is 16.9. The van der Waals surface area contributed by atoms with Gasteiger partial charge in [0.25, 0.3) is 0 Å². The Hall–Kier alpha value is -2.56. The first-order valence-electron chi connectivity index (χ1n) is 8.37. The van der Waals surface area contributed by atoms with Crippen molar-refractivity contribution in [1.82, 2.24) is 14.6 Å². The first-order chi connectivity index (χ1) is 12.5. The first-order valence-corrected chi connectivity index (χ1v) is 9.59. The van der Waals surface area contributed by atoms with Crippen LogP contribution in [0.4, 0.5) is 11.5 Å². The molecule has 6 nitrogen and oxygen atoms in total. The van der Waals surface area contributed by atoms with Gasteiger partial charge in [-0.25, -0.2) is 0 Å².